The maximum absolute atomic E-state index is 12.6. The van der Waals surface area contributed by atoms with E-state index in [1.54, 1.807) is 36.7 Å². The second kappa shape index (κ2) is 9.37. The first-order chi connectivity index (χ1) is 16.1. The Labute approximate surface area is 197 Å². The minimum atomic E-state index is -0.288. The van der Waals surface area contributed by atoms with E-state index in [2.05, 4.69) is 20.5 Å². The fourth-order valence-electron chi connectivity index (χ4n) is 4.42. The van der Waals surface area contributed by atoms with Crippen molar-refractivity contribution in [1.29, 1.82) is 0 Å². The topological polar surface area (TPSA) is 83.6 Å². The van der Waals surface area contributed by atoms with Gasteiger partial charge in [-0.3, -0.25) is 14.6 Å². The summed E-state index contributed by atoms with van der Waals surface area (Å²) in [6.45, 7) is 3.70. The number of ether oxygens (including phenoxy) is 1. The Hall–Kier alpha value is -3.16. The predicted molar refractivity (Wildman–Crippen MR) is 128 cm³/mol. The molecule has 2 N–H and O–H groups in total. The lowest BCUT2D eigenvalue weighted by molar-refractivity contribution is -0.110. The molecule has 0 spiro atoms. The van der Waals surface area contributed by atoms with Gasteiger partial charge < -0.3 is 20.3 Å². The molecule has 1 fully saturated rings. The lowest BCUT2D eigenvalue weighted by Gasteiger charge is -2.15. The van der Waals surface area contributed by atoms with Crippen molar-refractivity contribution < 1.29 is 14.3 Å². The number of anilines is 1. The summed E-state index contributed by atoms with van der Waals surface area (Å²) in [5.74, 6) is 0.344. The van der Waals surface area contributed by atoms with Gasteiger partial charge >= 0.3 is 0 Å². The van der Waals surface area contributed by atoms with Crippen molar-refractivity contribution in [3.05, 3.63) is 70.5 Å². The standard InChI is InChI=1S/C25H25ClN4O3/c26-18-3-5-22-20(12-18)21(25(32)29-22)13-19-4-6-23(33-19)16-11-17(15-27-14-16)24(31)28-7-10-30-8-1-2-9-30/h3,5-6,11-15,19H,1-2,4,7-10H2,(H,28,31)(H,29,32)/b21-13+. The van der Waals surface area contributed by atoms with Crippen molar-refractivity contribution in [2.45, 2.75) is 25.4 Å². The number of pyridine rings is 1. The van der Waals surface area contributed by atoms with E-state index < -0.39 is 0 Å². The van der Waals surface area contributed by atoms with Crippen molar-refractivity contribution in [3.63, 3.8) is 0 Å². The zero-order valence-corrected chi connectivity index (χ0v) is 18.9. The minimum absolute atomic E-state index is 0.142. The van der Waals surface area contributed by atoms with Crippen LogP contribution in [0, 0.1) is 0 Å². The van der Waals surface area contributed by atoms with Crippen LogP contribution in [0.1, 0.15) is 40.7 Å². The van der Waals surface area contributed by atoms with Crippen LogP contribution < -0.4 is 10.6 Å². The molecule has 1 saturated heterocycles. The molecule has 0 radical (unpaired) electrons. The summed E-state index contributed by atoms with van der Waals surface area (Å²) < 4.78 is 6.08. The van der Waals surface area contributed by atoms with Crippen molar-refractivity contribution in [3.8, 4) is 0 Å². The number of halogens is 1. The number of nitrogens with zero attached hydrogens (tertiary/aromatic N) is 2. The number of rotatable bonds is 6. The Kier molecular flexibility index (Phi) is 6.15. The largest absolute Gasteiger partial charge is 0.486 e. The quantitative estimate of drug-likeness (QED) is 0.636. The zero-order chi connectivity index (χ0) is 22.8. The number of carbonyl (C=O) groups excluding carboxylic acids is 2. The third kappa shape index (κ3) is 4.79. The molecule has 5 rings (SSSR count). The lowest BCUT2D eigenvalue weighted by atomic mass is 10.0. The van der Waals surface area contributed by atoms with Gasteiger partial charge in [-0.1, -0.05) is 11.6 Å². The summed E-state index contributed by atoms with van der Waals surface area (Å²) >= 11 is 6.11. The molecule has 170 valence electrons. The Morgan fingerprint density at radius 2 is 2.12 bits per heavy atom. The fraction of sp³-hybridized carbons (Fsp3) is 0.320. The molecule has 2 amide bonds. The van der Waals surface area contributed by atoms with E-state index in [1.807, 2.05) is 12.2 Å². The van der Waals surface area contributed by atoms with Gasteiger partial charge in [-0.05, 0) is 62.3 Å². The molecule has 3 aliphatic heterocycles. The molecule has 8 heteroatoms. The highest BCUT2D eigenvalue weighted by Gasteiger charge is 2.27. The lowest BCUT2D eigenvalue weighted by Crippen LogP contribution is -2.33. The number of hydrogen-bond donors (Lipinski definition) is 2. The van der Waals surface area contributed by atoms with Crippen LogP contribution in [-0.2, 0) is 9.53 Å². The van der Waals surface area contributed by atoms with Crippen molar-refractivity contribution in [1.82, 2.24) is 15.2 Å². The second-order valence-electron chi connectivity index (χ2n) is 8.45. The van der Waals surface area contributed by atoms with E-state index in [4.69, 9.17) is 16.3 Å². The van der Waals surface area contributed by atoms with Crippen LogP contribution in [0.15, 0.2) is 48.8 Å². The number of aromatic nitrogens is 1. The van der Waals surface area contributed by atoms with E-state index in [9.17, 15) is 9.59 Å². The molecule has 1 aromatic carbocycles. The molecule has 0 saturated carbocycles. The van der Waals surface area contributed by atoms with Gasteiger partial charge in [-0.25, -0.2) is 0 Å². The number of amides is 2. The van der Waals surface area contributed by atoms with E-state index >= 15 is 0 Å². The van der Waals surface area contributed by atoms with Crippen LogP contribution in [0.3, 0.4) is 0 Å². The van der Waals surface area contributed by atoms with E-state index in [0.29, 0.717) is 34.9 Å². The molecule has 33 heavy (non-hydrogen) atoms. The normalized spacial score (nSPS) is 21.0. The first kappa shape index (κ1) is 21.7. The van der Waals surface area contributed by atoms with Crippen LogP contribution in [0.5, 0.6) is 0 Å². The molecule has 7 nitrogen and oxygen atoms in total. The summed E-state index contributed by atoms with van der Waals surface area (Å²) in [7, 11) is 0. The average molecular weight is 465 g/mol. The number of fused-ring (bicyclic) bond motifs is 1. The molecule has 1 atom stereocenters. The molecule has 0 aliphatic carbocycles. The SMILES string of the molecule is O=C1Nc2ccc(Cl)cc2/C1=C\C1CC=C(c2cncc(C(=O)NCCN3CCCC3)c2)O1. The molecular weight excluding hydrogens is 440 g/mol. The van der Waals surface area contributed by atoms with Gasteiger partial charge in [0.05, 0.1) is 5.56 Å². The maximum Gasteiger partial charge on any atom is 0.256 e. The minimum Gasteiger partial charge on any atom is -0.486 e. The summed E-state index contributed by atoms with van der Waals surface area (Å²) in [5.41, 5.74) is 3.31. The second-order valence-corrected chi connectivity index (χ2v) is 8.89. The van der Waals surface area contributed by atoms with Crippen molar-refractivity contribution in [2.24, 2.45) is 0 Å². The third-order valence-electron chi connectivity index (χ3n) is 6.13. The smallest absolute Gasteiger partial charge is 0.256 e. The number of benzene rings is 1. The van der Waals surface area contributed by atoms with Crippen LogP contribution in [0.4, 0.5) is 5.69 Å². The summed E-state index contributed by atoms with van der Waals surface area (Å²) in [4.78, 5) is 31.6. The van der Waals surface area contributed by atoms with Crippen LogP contribution in [0.25, 0.3) is 11.3 Å². The fourth-order valence-corrected chi connectivity index (χ4v) is 4.59. The van der Waals surface area contributed by atoms with E-state index in [-0.39, 0.29) is 17.9 Å². The van der Waals surface area contributed by atoms with E-state index in [0.717, 1.165) is 36.4 Å². The number of nitrogens with one attached hydrogen (secondary N) is 2. The van der Waals surface area contributed by atoms with Gasteiger partial charge in [0.25, 0.3) is 11.8 Å². The summed E-state index contributed by atoms with van der Waals surface area (Å²) in [6.07, 6.45) is 9.82. The highest BCUT2D eigenvalue weighted by atomic mass is 35.5. The first-order valence-electron chi connectivity index (χ1n) is 11.2. The molecule has 1 unspecified atom stereocenters. The van der Waals surface area contributed by atoms with Crippen LogP contribution >= 0.6 is 11.6 Å². The third-order valence-corrected chi connectivity index (χ3v) is 6.36. The number of hydrogen-bond acceptors (Lipinski definition) is 5. The van der Waals surface area contributed by atoms with Gasteiger partial charge in [0, 0.05) is 59.3 Å². The van der Waals surface area contributed by atoms with Crippen LogP contribution in [0.2, 0.25) is 5.02 Å². The Balaban J connectivity index is 1.23. The van der Waals surface area contributed by atoms with Gasteiger partial charge in [0.15, 0.2) is 0 Å². The summed E-state index contributed by atoms with van der Waals surface area (Å²) in [6, 6.07) is 7.11. The molecular formula is C25H25ClN4O3. The Morgan fingerprint density at radius 3 is 2.97 bits per heavy atom. The van der Waals surface area contributed by atoms with Crippen molar-refractivity contribution >= 4 is 40.4 Å². The predicted octanol–water partition coefficient (Wildman–Crippen LogP) is 3.73. The molecule has 4 heterocycles. The van der Waals surface area contributed by atoms with Crippen molar-refractivity contribution in [2.75, 3.05) is 31.5 Å². The average Bonchev–Trinajstić information content (AvgIpc) is 3.56. The first-order valence-corrected chi connectivity index (χ1v) is 11.6. The van der Waals surface area contributed by atoms with Gasteiger partial charge in [0.1, 0.15) is 11.9 Å². The zero-order valence-electron chi connectivity index (χ0n) is 18.1. The Morgan fingerprint density at radius 1 is 1.27 bits per heavy atom. The highest BCUT2D eigenvalue weighted by Crippen LogP contribution is 2.36. The van der Waals surface area contributed by atoms with Gasteiger partial charge in [-0.2, -0.15) is 0 Å². The molecule has 3 aliphatic rings. The number of carbonyl (C=O) groups is 2. The molecule has 1 aromatic heterocycles. The monoisotopic (exact) mass is 464 g/mol. The summed E-state index contributed by atoms with van der Waals surface area (Å²) in [5, 5.41) is 6.40. The highest BCUT2D eigenvalue weighted by molar-refractivity contribution is 6.34. The maximum atomic E-state index is 12.6. The Bertz CT molecular complexity index is 1150. The number of likely N-dealkylation sites (tertiary alicyclic amines) is 1. The molecule has 2 aromatic rings. The van der Waals surface area contributed by atoms with Crippen LogP contribution in [-0.4, -0.2) is 54.0 Å². The van der Waals surface area contributed by atoms with E-state index in [1.165, 1.54) is 12.8 Å². The van der Waals surface area contributed by atoms with Gasteiger partial charge in [0.2, 0.25) is 0 Å². The van der Waals surface area contributed by atoms with Gasteiger partial charge in [-0.15, -0.1) is 0 Å². The molecule has 0 bridgehead atoms.